The Hall–Kier alpha value is -2.24. The van der Waals surface area contributed by atoms with Crippen molar-refractivity contribution in [3.05, 3.63) is 40.9 Å². The number of benzene rings is 1. The summed E-state index contributed by atoms with van der Waals surface area (Å²) < 4.78 is 13.6. The largest absolute Gasteiger partial charge is 0.478 e. The average molecular weight is 222 g/mol. The molecule has 82 valence electrons. The molecule has 2 aromatic rings. The number of halogens is 1. The molecule has 1 unspecified atom stereocenters. The molecule has 0 saturated heterocycles. The van der Waals surface area contributed by atoms with Crippen LogP contribution in [0.2, 0.25) is 0 Å². The molecule has 0 aliphatic carbocycles. The van der Waals surface area contributed by atoms with E-state index in [1.54, 1.807) is 18.2 Å². The van der Waals surface area contributed by atoms with Crippen LogP contribution in [0, 0.1) is 0 Å². The standard InChI is InChI=1S/C10H7FN2O3/c11-8(10(15)16)13-5-12-7-4-2-1-3-6(7)9(13)14/h1-5,8H,(H,15,16). The molecule has 5 nitrogen and oxygen atoms in total. The van der Waals surface area contributed by atoms with Crippen LogP contribution in [-0.4, -0.2) is 20.6 Å². The molecule has 1 atom stereocenters. The van der Waals surface area contributed by atoms with E-state index in [1.165, 1.54) is 6.07 Å². The first-order valence-corrected chi connectivity index (χ1v) is 4.44. The highest BCUT2D eigenvalue weighted by atomic mass is 19.1. The normalized spacial score (nSPS) is 12.6. The van der Waals surface area contributed by atoms with Crippen molar-refractivity contribution in [1.82, 2.24) is 9.55 Å². The average Bonchev–Trinajstić information content (AvgIpc) is 2.29. The molecule has 0 saturated carbocycles. The lowest BCUT2D eigenvalue weighted by atomic mass is 10.2. The lowest BCUT2D eigenvalue weighted by Gasteiger charge is -2.07. The minimum Gasteiger partial charge on any atom is -0.478 e. The van der Waals surface area contributed by atoms with Crippen LogP contribution in [0.15, 0.2) is 35.4 Å². The number of fused-ring (bicyclic) bond motifs is 1. The van der Waals surface area contributed by atoms with Gasteiger partial charge in [0.25, 0.3) is 11.9 Å². The van der Waals surface area contributed by atoms with Crippen molar-refractivity contribution in [2.24, 2.45) is 0 Å². The van der Waals surface area contributed by atoms with Gasteiger partial charge in [-0.05, 0) is 12.1 Å². The first kappa shape index (κ1) is 10.3. The third-order valence-electron chi connectivity index (χ3n) is 2.14. The molecule has 1 N–H and O–H groups in total. The number of carbonyl (C=O) groups is 1. The summed E-state index contributed by atoms with van der Waals surface area (Å²) in [6.07, 6.45) is -1.52. The Morgan fingerprint density at radius 3 is 2.81 bits per heavy atom. The maximum Gasteiger partial charge on any atom is 0.360 e. The number of aromatic nitrogens is 2. The van der Waals surface area contributed by atoms with Crippen molar-refractivity contribution < 1.29 is 14.3 Å². The number of aliphatic carboxylic acids is 1. The van der Waals surface area contributed by atoms with Crippen LogP contribution in [0.5, 0.6) is 0 Å². The van der Waals surface area contributed by atoms with Crippen LogP contribution in [0.1, 0.15) is 6.30 Å². The molecule has 0 aliphatic heterocycles. The van der Waals surface area contributed by atoms with Crippen LogP contribution in [0.25, 0.3) is 10.9 Å². The van der Waals surface area contributed by atoms with Gasteiger partial charge in [-0.25, -0.2) is 14.2 Å². The summed E-state index contributed by atoms with van der Waals surface area (Å²) in [5, 5.41) is 8.66. The molecule has 1 heterocycles. The van der Waals surface area contributed by atoms with E-state index < -0.39 is 17.8 Å². The summed E-state index contributed by atoms with van der Waals surface area (Å²) in [7, 11) is 0. The van der Waals surface area contributed by atoms with Gasteiger partial charge in [0, 0.05) is 0 Å². The fourth-order valence-electron chi connectivity index (χ4n) is 1.36. The number of hydrogen-bond acceptors (Lipinski definition) is 3. The van der Waals surface area contributed by atoms with Crippen LogP contribution < -0.4 is 5.56 Å². The van der Waals surface area contributed by atoms with Gasteiger partial charge in [0.05, 0.1) is 10.9 Å². The minimum absolute atomic E-state index is 0.189. The van der Waals surface area contributed by atoms with Gasteiger partial charge < -0.3 is 5.11 Å². The second-order valence-corrected chi connectivity index (χ2v) is 3.15. The first-order chi connectivity index (χ1) is 7.61. The number of hydrogen-bond donors (Lipinski definition) is 1. The Morgan fingerprint density at radius 1 is 1.44 bits per heavy atom. The lowest BCUT2D eigenvalue weighted by Crippen LogP contribution is -2.27. The van der Waals surface area contributed by atoms with Gasteiger partial charge in [0.2, 0.25) is 0 Å². The fourth-order valence-corrected chi connectivity index (χ4v) is 1.36. The summed E-state index contributed by atoms with van der Waals surface area (Å²) in [5.74, 6) is -1.72. The Balaban J connectivity index is 2.70. The van der Waals surface area contributed by atoms with Gasteiger partial charge >= 0.3 is 5.97 Å². The summed E-state index contributed by atoms with van der Waals surface area (Å²) in [4.78, 5) is 25.9. The van der Waals surface area contributed by atoms with Gasteiger partial charge in [0.1, 0.15) is 6.33 Å². The number of nitrogens with zero attached hydrogens (tertiary/aromatic N) is 2. The van der Waals surface area contributed by atoms with Crippen molar-refractivity contribution in [1.29, 1.82) is 0 Å². The number of para-hydroxylation sites is 1. The van der Waals surface area contributed by atoms with E-state index in [9.17, 15) is 14.0 Å². The van der Waals surface area contributed by atoms with Gasteiger partial charge in [0.15, 0.2) is 0 Å². The quantitative estimate of drug-likeness (QED) is 0.821. The zero-order chi connectivity index (χ0) is 11.7. The molecular weight excluding hydrogens is 215 g/mol. The second kappa shape index (κ2) is 3.73. The fraction of sp³-hybridized carbons (Fsp3) is 0.100. The molecule has 0 spiro atoms. The van der Waals surface area contributed by atoms with E-state index in [4.69, 9.17) is 5.11 Å². The van der Waals surface area contributed by atoms with E-state index in [0.717, 1.165) is 6.33 Å². The minimum atomic E-state index is -2.41. The molecule has 1 aromatic carbocycles. The predicted molar refractivity (Wildman–Crippen MR) is 53.8 cm³/mol. The number of carboxylic acids is 1. The molecule has 0 radical (unpaired) electrons. The molecule has 2 rings (SSSR count). The van der Waals surface area contributed by atoms with Crippen LogP contribution in [-0.2, 0) is 4.79 Å². The Bertz CT molecular complexity index is 608. The van der Waals surface area contributed by atoms with Crippen molar-refractivity contribution >= 4 is 16.9 Å². The second-order valence-electron chi connectivity index (χ2n) is 3.15. The molecule has 0 amide bonds. The molecule has 0 fully saturated rings. The van der Waals surface area contributed by atoms with E-state index in [2.05, 4.69) is 4.98 Å². The highest BCUT2D eigenvalue weighted by Gasteiger charge is 2.20. The maximum absolute atomic E-state index is 13.2. The number of alkyl halides is 1. The van der Waals surface area contributed by atoms with Gasteiger partial charge in [-0.2, -0.15) is 0 Å². The van der Waals surface area contributed by atoms with Gasteiger partial charge in [-0.1, -0.05) is 12.1 Å². The third kappa shape index (κ3) is 1.54. The maximum atomic E-state index is 13.2. The van der Waals surface area contributed by atoms with Crippen molar-refractivity contribution in [2.45, 2.75) is 6.30 Å². The van der Waals surface area contributed by atoms with Crippen LogP contribution in [0.3, 0.4) is 0 Å². The zero-order valence-corrected chi connectivity index (χ0v) is 8.00. The summed E-state index contributed by atoms with van der Waals surface area (Å²) in [6, 6.07) is 6.35. The lowest BCUT2D eigenvalue weighted by molar-refractivity contribution is -0.146. The van der Waals surface area contributed by atoms with Gasteiger partial charge in [-0.15, -0.1) is 0 Å². The SMILES string of the molecule is O=C(O)C(F)n1cnc2ccccc2c1=O. The molecule has 16 heavy (non-hydrogen) atoms. The van der Waals surface area contributed by atoms with E-state index in [-0.39, 0.29) is 5.39 Å². The molecular formula is C10H7FN2O3. The Labute approximate surface area is 88.8 Å². The van der Waals surface area contributed by atoms with Crippen molar-refractivity contribution in [3.8, 4) is 0 Å². The Morgan fingerprint density at radius 2 is 2.12 bits per heavy atom. The first-order valence-electron chi connectivity index (χ1n) is 4.44. The van der Waals surface area contributed by atoms with Crippen molar-refractivity contribution in [3.63, 3.8) is 0 Å². The highest BCUT2D eigenvalue weighted by Crippen LogP contribution is 2.09. The topological polar surface area (TPSA) is 72.2 Å². The molecule has 0 aliphatic rings. The van der Waals surface area contributed by atoms with E-state index in [1.807, 2.05) is 0 Å². The highest BCUT2D eigenvalue weighted by molar-refractivity contribution is 5.77. The smallest absolute Gasteiger partial charge is 0.360 e. The van der Waals surface area contributed by atoms with Crippen LogP contribution >= 0.6 is 0 Å². The summed E-state index contributed by atoms with van der Waals surface area (Å²) >= 11 is 0. The monoisotopic (exact) mass is 222 g/mol. The number of rotatable bonds is 2. The summed E-state index contributed by atoms with van der Waals surface area (Å²) in [6.45, 7) is 0. The molecule has 1 aromatic heterocycles. The Kier molecular flexibility index (Phi) is 2.40. The van der Waals surface area contributed by atoms with E-state index in [0.29, 0.717) is 10.1 Å². The molecule has 0 bridgehead atoms. The molecule has 6 heteroatoms. The van der Waals surface area contributed by atoms with E-state index >= 15 is 0 Å². The summed E-state index contributed by atoms with van der Waals surface area (Å²) in [5.41, 5.74) is -0.304. The van der Waals surface area contributed by atoms with Crippen LogP contribution in [0.4, 0.5) is 4.39 Å². The zero-order valence-electron chi connectivity index (χ0n) is 8.00. The number of carboxylic acid groups (broad SMARTS) is 1. The third-order valence-corrected chi connectivity index (χ3v) is 2.14. The van der Waals surface area contributed by atoms with Crippen molar-refractivity contribution in [2.75, 3.05) is 0 Å². The predicted octanol–water partition coefficient (Wildman–Crippen LogP) is 0.949. The van der Waals surface area contributed by atoms with Gasteiger partial charge in [-0.3, -0.25) is 9.36 Å².